The minimum absolute atomic E-state index is 0.0554. The number of benzene rings is 1. The van der Waals surface area contributed by atoms with Crippen LogP contribution in [0.25, 0.3) is 0 Å². The number of hydrogen-bond donors (Lipinski definition) is 2. The Labute approximate surface area is 101 Å². The predicted octanol–water partition coefficient (Wildman–Crippen LogP) is 2.02. The molecule has 0 fully saturated rings. The highest BCUT2D eigenvalue weighted by Crippen LogP contribution is 2.22. The molecule has 0 saturated heterocycles. The zero-order valence-corrected chi connectivity index (χ0v) is 10.4. The fourth-order valence-electron chi connectivity index (χ4n) is 0.973. The second-order valence-electron chi connectivity index (χ2n) is 3.26. The third-order valence-corrected chi connectivity index (χ3v) is 1.70. The minimum Gasteiger partial charge on any atom is -0.490 e. The van der Waals surface area contributed by atoms with Crippen LogP contribution in [0.4, 0.5) is 0 Å². The maximum atomic E-state index is 10.6. The van der Waals surface area contributed by atoms with Gasteiger partial charge in [0.1, 0.15) is 5.75 Å². The zero-order chi connectivity index (χ0) is 12.6. The average molecular weight is 245 g/mol. The maximum Gasteiger partial charge on any atom is 0.153 e. The van der Waals surface area contributed by atoms with Crippen LogP contribution in [0.1, 0.15) is 24.2 Å². The van der Waals surface area contributed by atoms with Crippen molar-refractivity contribution in [2.75, 3.05) is 7.05 Å². The van der Waals surface area contributed by atoms with E-state index < -0.39 is 0 Å². The molecule has 1 rings (SSSR count). The van der Waals surface area contributed by atoms with E-state index in [0.29, 0.717) is 16.3 Å². The van der Waals surface area contributed by atoms with Gasteiger partial charge in [0.05, 0.1) is 11.7 Å². The molecular weight excluding hydrogens is 228 g/mol. The topological polar surface area (TPSA) is 64.3 Å². The first-order valence-electron chi connectivity index (χ1n) is 4.83. The number of rotatable bonds is 3. The third kappa shape index (κ3) is 5.70. The van der Waals surface area contributed by atoms with Crippen LogP contribution >= 0.6 is 11.6 Å². The molecule has 3 N–H and O–H groups in total. The van der Waals surface area contributed by atoms with Crippen LogP contribution < -0.4 is 16.0 Å². The van der Waals surface area contributed by atoms with Crippen molar-refractivity contribution in [3.05, 3.63) is 28.8 Å². The molecule has 16 heavy (non-hydrogen) atoms. The van der Waals surface area contributed by atoms with E-state index in [1.165, 1.54) is 0 Å². The van der Waals surface area contributed by atoms with Crippen molar-refractivity contribution in [1.29, 1.82) is 0 Å². The van der Waals surface area contributed by atoms with Crippen LogP contribution in [0.15, 0.2) is 18.2 Å². The van der Waals surface area contributed by atoms with Gasteiger partial charge in [0.2, 0.25) is 0 Å². The van der Waals surface area contributed by atoms with Gasteiger partial charge in [-0.3, -0.25) is 16.1 Å². The normalized spacial score (nSPS) is 9.38. The van der Waals surface area contributed by atoms with E-state index in [9.17, 15) is 4.79 Å². The summed E-state index contributed by atoms with van der Waals surface area (Å²) in [5.74, 6) is 5.18. The number of hydrogen-bond acceptors (Lipinski definition) is 4. The summed E-state index contributed by atoms with van der Waals surface area (Å²) in [6.45, 7) is 3.81. The summed E-state index contributed by atoms with van der Waals surface area (Å²) in [6, 6.07) is 4.99. The fourth-order valence-corrected chi connectivity index (χ4v) is 1.15. The summed E-state index contributed by atoms with van der Waals surface area (Å²) >= 11 is 5.72. The Morgan fingerprint density at radius 1 is 1.50 bits per heavy atom. The fraction of sp³-hybridized carbons (Fsp3) is 0.364. The highest BCUT2D eigenvalue weighted by atomic mass is 35.5. The Bertz CT molecular complexity index is 330. The Kier molecular flexibility index (Phi) is 7.54. The largest absolute Gasteiger partial charge is 0.490 e. The van der Waals surface area contributed by atoms with E-state index in [0.717, 1.165) is 6.29 Å². The maximum absolute atomic E-state index is 10.6. The number of ether oxygens (including phenoxy) is 1. The van der Waals surface area contributed by atoms with Crippen molar-refractivity contribution in [3.8, 4) is 5.75 Å². The van der Waals surface area contributed by atoms with Gasteiger partial charge in [-0.2, -0.15) is 0 Å². The number of hydrazine groups is 1. The Morgan fingerprint density at radius 2 is 2.06 bits per heavy atom. The molecule has 0 bridgehead atoms. The minimum atomic E-state index is 0.0554. The molecule has 0 unspecified atom stereocenters. The van der Waals surface area contributed by atoms with Crippen molar-refractivity contribution >= 4 is 17.9 Å². The molecule has 0 amide bonds. The lowest BCUT2D eigenvalue weighted by Crippen LogP contribution is -2.13. The van der Waals surface area contributed by atoms with E-state index in [4.69, 9.17) is 16.3 Å². The number of carbonyl (C=O) groups is 1. The summed E-state index contributed by atoms with van der Waals surface area (Å²) in [4.78, 5) is 10.6. The first-order chi connectivity index (χ1) is 7.54. The van der Waals surface area contributed by atoms with E-state index >= 15 is 0 Å². The second-order valence-corrected chi connectivity index (χ2v) is 3.69. The molecule has 1 aromatic rings. The van der Waals surface area contributed by atoms with Gasteiger partial charge in [-0.05, 0) is 39.1 Å². The van der Waals surface area contributed by atoms with Gasteiger partial charge < -0.3 is 4.74 Å². The predicted molar refractivity (Wildman–Crippen MR) is 65.9 cm³/mol. The summed E-state index contributed by atoms with van der Waals surface area (Å²) < 4.78 is 5.40. The van der Waals surface area contributed by atoms with Crippen LogP contribution in [0.2, 0.25) is 5.02 Å². The monoisotopic (exact) mass is 244 g/mol. The average Bonchev–Trinajstić information content (AvgIpc) is 2.21. The van der Waals surface area contributed by atoms with Crippen LogP contribution in [0.3, 0.4) is 0 Å². The molecular formula is C11H17ClN2O2. The molecule has 0 aliphatic heterocycles. The van der Waals surface area contributed by atoms with E-state index in [1.807, 2.05) is 13.8 Å². The highest BCUT2D eigenvalue weighted by molar-refractivity contribution is 6.30. The standard InChI is InChI=1S/C10H11ClO2.CH6N2/c1-7(2)13-10-4-3-9(11)5-8(10)6-12;1-3-2/h3-7H,1-2H3;3H,2H2,1H3. The first-order valence-corrected chi connectivity index (χ1v) is 5.21. The van der Waals surface area contributed by atoms with Crippen LogP contribution in [-0.2, 0) is 0 Å². The molecule has 0 saturated carbocycles. The molecule has 0 aromatic heterocycles. The number of carbonyl (C=O) groups excluding carboxylic acids is 1. The Morgan fingerprint density at radius 3 is 2.50 bits per heavy atom. The van der Waals surface area contributed by atoms with Gasteiger partial charge in [0, 0.05) is 5.02 Å². The van der Waals surface area contributed by atoms with Gasteiger partial charge in [-0.1, -0.05) is 11.6 Å². The number of halogens is 1. The van der Waals surface area contributed by atoms with Gasteiger partial charge in [0.15, 0.2) is 6.29 Å². The van der Waals surface area contributed by atoms with Crippen molar-refractivity contribution in [3.63, 3.8) is 0 Å². The second kappa shape index (κ2) is 8.10. The molecule has 0 aliphatic rings. The summed E-state index contributed by atoms with van der Waals surface area (Å²) in [7, 11) is 1.65. The van der Waals surface area contributed by atoms with Gasteiger partial charge in [-0.25, -0.2) is 0 Å². The van der Waals surface area contributed by atoms with Gasteiger partial charge >= 0.3 is 0 Å². The van der Waals surface area contributed by atoms with Crippen LogP contribution in [0, 0.1) is 0 Å². The molecule has 0 spiro atoms. The lowest BCUT2D eigenvalue weighted by molar-refractivity contribution is 0.111. The summed E-state index contributed by atoms with van der Waals surface area (Å²) in [5, 5.41) is 0.540. The van der Waals surface area contributed by atoms with Gasteiger partial charge in [0.25, 0.3) is 0 Å². The Hall–Kier alpha value is -1.10. The Balaban J connectivity index is 0.000000673. The molecule has 90 valence electrons. The molecule has 1 aromatic carbocycles. The van der Waals surface area contributed by atoms with E-state index in [2.05, 4.69) is 11.3 Å². The van der Waals surface area contributed by atoms with Crippen LogP contribution in [0.5, 0.6) is 5.75 Å². The van der Waals surface area contributed by atoms with E-state index in [-0.39, 0.29) is 6.10 Å². The van der Waals surface area contributed by atoms with Crippen LogP contribution in [-0.4, -0.2) is 19.4 Å². The zero-order valence-electron chi connectivity index (χ0n) is 9.66. The number of nitrogens with two attached hydrogens (primary N) is 1. The third-order valence-electron chi connectivity index (χ3n) is 1.46. The molecule has 0 aliphatic carbocycles. The van der Waals surface area contributed by atoms with E-state index in [1.54, 1.807) is 25.2 Å². The number of aldehydes is 1. The summed E-state index contributed by atoms with van der Waals surface area (Å²) in [6.07, 6.45) is 0.795. The van der Waals surface area contributed by atoms with Gasteiger partial charge in [-0.15, -0.1) is 0 Å². The van der Waals surface area contributed by atoms with Crippen molar-refractivity contribution < 1.29 is 9.53 Å². The van der Waals surface area contributed by atoms with Crippen molar-refractivity contribution in [1.82, 2.24) is 5.43 Å². The summed E-state index contributed by atoms with van der Waals surface area (Å²) in [5.41, 5.74) is 2.74. The molecule has 4 nitrogen and oxygen atoms in total. The highest BCUT2D eigenvalue weighted by Gasteiger charge is 2.04. The molecule has 0 radical (unpaired) electrons. The van der Waals surface area contributed by atoms with Crippen molar-refractivity contribution in [2.24, 2.45) is 5.84 Å². The smallest absolute Gasteiger partial charge is 0.153 e. The quantitative estimate of drug-likeness (QED) is 0.485. The SMILES string of the molecule is CC(C)Oc1ccc(Cl)cc1C=O.CNN. The molecule has 5 heteroatoms. The number of nitrogens with one attached hydrogen (secondary N) is 1. The molecule has 0 heterocycles. The lowest BCUT2D eigenvalue weighted by atomic mass is 10.2. The lowest BCUT2D eigenvalue weighted by Gasteiger charge is -2.11. The van der Waals surface area contributed by atoms with Crippen molar-refractivity contribution in [2.45, 2.75) is 20.0 Å². The molecule has 0 atom stereocenters. The first kappa shape index (κ1) is 14.9.